The Morgan fingerprint density at radius 3 is 2.46 bits per heavy atom. The smallest absolute Gasteiger partial charge is 0.414 e. The van der Waals surface area contributed by atoms with Crippen LogP contribution in [0.4, 0.5) is 21.0 Å². The van der Waals surface area contributed by atoms with Gasteiger partial charge in [-0.3, -0.25) is 10.2 Å². The van der Waals surface area contributed by atoms with Crippen LogP contribution in [0.5, 0.6) is 0 Å². The number of amides is 2. The van der Waals surface area contributed by atoms with Crippen molar-refractivity contribution in [3.63, 3.8) is 0 Å². The lowest BCUT2D eigenvalue weighted by atomic mass is 10.1. The van der Waals surface area contributed by atoms with Gasteiger partial charge in [0.2, 0.25) is 10.0 Å². The van der Waals surface area contributed by atoms with E-state index < -0.39 is 27.7 Å². The first-order chi connectivity index (χ1) is 18.2. The maximum absolute atomic E-state index is 13.5. The second kappa shape index (κ2) is 10.9. The molecule has 0 radical (unpaired) electrons. The number of thiazole rings is 1. The molecule has 2 N–H and O–H groups in total. The summed E-state index contributed by atoms with van der Waals surface area (Å²) in [6, 6.07) is 12.0. The number of anilines is 2. The molecule has 1 saturated heterocycles. The number of carbonyl (C=O) groups is 2. The summed E-state index contributed by atoms with van der Waals surface area (Å²) in [7, 11) is -3.96. The fourth-order valence-corrected chi connectivity index (χ4v) is 6.65. The number of ether oxygens (including phenoxy) is 2. The highest BCUT2D eigenvalue weighted by molar-refractivity contribution is 7.89. The van der Waals surface area contributed by atoms with Gasteiger partial charge in [0.05, 0.1) is 22.4 Å². The van der Waals surface area contributed by atoms with Crippen LogP contribution in [0.2, 0.25) is 0 Å². The van der Waals surface area contributed by atoms with Crippen LogP contribution in [0.15, 0.2) is 53.6 Å². The van der Waals surface area contributed by atoms with Gasteiger partial charge in [0.1, 0.15) is 11.1 Å². The number of hydrogen-bond acceptors (Lipinski definition) is 8. The van der Waals surface area contributed by atoms with Crippen LogP contribution in [-0.2, 0) is 19.5 Å². The first kappa shape index (κ1) is 28.5. The van der Waals surface area contributed by atoms with Crippen LogP contribution in [0.3, 0.4) is 0 Å². The number of nitrogens with zero attached hydrogens (tertiary/aromatic N) is 2. The monoisotopic (exact) mass is 572 g/mol. The number of nitrogens with one attached hydrogen (secondary N) is 2. The van der Waals surface area contributed by atoms with Crippen molar-refractivity contribution in [3.05, 3.63) is 48.7 Å². The van der Waals surface area contributed by atoms with E-state index in [1.165, 1.54) is 22.3 Å². The Morgan fingerprint density at radius 2 is 1.87 bits per heavy atom. The van der Waals surface area contributed by atoms with Crippen LogP contribution >= 0.6 is 11.3 Å². The SMILES string of the molecule is CC(C)OC(=O)Nc1ccc(-c2ncc(-c3ccc(N4CC(C)OC4=O)cc3S(=O)(=O)NC(C)(C)C)s2)cc1. The van der Waals surface area contributed by atoms with Crippen molar-refractivity contribution in [2.75, 3.05) is 16.8 Å². The Morgan fingerprint density at radius 1 is 1.18 bits per heavy atom. The first-order valence-electron chi connectivity index (χ1n) is 12.4. The molecule has 0 saturated carbocycles. The van der Waals surface area contributed by atoms with Gasteiger partial charge in [-0.25, -0.2) is 27.7 Å². The molecule has 3 aromatic rings. The highest BCUT2D eigenvalue weighted by Crippen LogP contribution is 2.38. The van der Waals surface area contributed by atoms with Crippen LogP contribution in [0.1, 0.15) is 41.5 Å². The molecule has 0 aliphatic carbocycles. The molecular formula is C27H32N4O6S2. The maximum atomic E-state index is 13.5. The highest BCUT2D eigenvalue weighted by atomic mass is 32.2. The zero-order valence-corrected chi connectivity index (χ0v) is 24.3. The van der Waals surface area contributed by atoms with Crippen LogP contribution in [-0.4, -0.2) is 49.9 Å². The molecule has 2 heterocycles. The summed E-state index contributed by atoms with van der Waals surface area (Å²) in [6.45, 7) is 10.9. The van der Waals surface area contributed by atoms with Crippen molar-refractivity contribution in [1.82, 2.24) is 9.71 Å². The third-order valence-corrected chi connectivity index (χ3v) is 8.34. The van der Waals surface area contributed by atoms with E-state index in [0.717, 1.165) is 5.56 Å². The van der Waals surface area contributed by atoms with Gasteiger partial charge < -0.3 is 9.47 Å². The van der Waals surface area contributed by atoms with Gasteiger partial charge in [0.25, 0.3) is 0 Å². The van der Waals surface area contributed by atoms with E-state index in [1.54, 1.807) is 72.0 Å². The Labute approximate surface area is 232 Å². The fraction of sp³-hybridized carbons (Fsp3) is 0.370. The molecule has 1 unspecified atom stereocenters. The predicted octanol–water partition coefficient (Wildman–Crippen LogP) is 5.86. The van der Waals surface area contributed by atoms with E-state index in [2.05, 4.69) is 15.0 Å². The van der Waals surface area contributed by atoms with Crippen LogP contribution in [0.25, 0.3) is 21.0 Å². The minimum atomic E-state index is -3.96. The number of benzene rings is 2. The van der Waals surface area contributed by atoms with Crippen molar-refractivity contribution >= 4 is 44.9 Å². The Hall–Kier alpha value is -3.48. The van der Waals surface area contributed by atoms with E-state index in [1.807, 2.05) is 12.1 Å². The number of hydrogen-bond donors (Lipinski definition) is 2. The van der Waals surface area contributed by atoms with Crippen molar-refractivity contribution in [2.45, 2.75) is 64.2 Å². The minimum Gasteiger partial charge on any atom is -0.447 e. The van der Waals surface area contributed by atoms with Crippen molar-refractivity contribution in [3.8, 4) is 21.0 Å². The predicted molar refractivity (Wildman–Crippen MR) is 152 cm³/mol. The average molecular weight is 573 g/mol. The van der Waals surface area contributed by atoms with Gasteiger partial charge >= 0.3 is 12.2 Å². The summed E-state index contributed by atoms with van der Waals surface area (Å²) in [6.07, 6.45) is 0.0529. The molecule has 1 fully saturated rings. The normalized spacial score (nSPS) is 15.9. The molecule has 4 rings (SSSR count). The van der Waals surface area contributed by atoms with Gasteiger partial charge in [-0.15, -0.1) is 11.3 Å². The number of sulfonamides is 1. The van der Waals surface area contributed by atoms with Crippen LogP contribution in [0, 0.1) is 0 Å². The zero-order chi connectivity index (χ0) is 28.5. The number of carbonyl (C=O) groups excluding carboxylic acids is 2. The molecule has 1 aliphatic heterocycles. The quantitative estimate of drug-likeness (QED) is 0.363. The number of aromatic nitrogens is 1. The van der Waals surface area contributed by atoms with Crippen molar-refractivity contribution in [1.29, 1.82) is 0 Å². The van der Waals surface area contributed by atoms with Gasteiger partial charge in [-0.05, 0) is 77.9 Å². The molecule has 2 amide bonds. The molecule has 0 bridgehead atoms. The van der Waals surface area contributed by atoms with E-state index in [0.29, 0.717) is 33.4 Å². The van der Waals surface area contributed by atoms with Crippen molar-refractivity contribution < 1.29 is 27.5 Å². The molecule has 1 atom stereocenters. The third-order valence-electron chi connectivity index (χ3n) is 5.46. The number of rotatable bonds is 7. The van der Waals surface area contributed by atoms with E-state index in [4.69, 9.17) is 9.47 Å². The summed E-state index contributed by atoms with van der Waals surface area (Å²) in [5, 5.41) is 3.35. The molecule has 10 nitrogen and oxygen atoms in total. The summed E-state index contributed by atoms with van der Waals surface area (Å²) < 4.78 is 40.1. The largest absolute Gasteiger partial charge is 0.447 e. The van der Waals surface area contributed by atoms with Gasteiger partial charge in [0.15, 0.2) is 0 Å². The average Bonchev–Trinajstić information content (AvgIpc) is 3.43. The van der Waals surface area contributed by atoms with Crippen LogP contribution < -0.4 is 14.9 Å². The van der Waals surface area contributed by atoms with E-state index in [-0.39, 0.29) is 17.1 Å². The summed E-state index contributed by atoms with van der Waals surface area (Å²) in [4.78, 5) is 30.8. The fourth-order valence-electron chi connectivity index (χ4n) is 3.97. The topological polar surface area (TPSA) is 127 Å². The molecular weight excluding hydrogens is 540 g/mol. The molecule has 2 aromatic carbocycles. The van der Waals surface area contributed by atoms with E-state index in [9.17, 15) is 18.0 Å². The molecule has 208 valence electrons. The van der Waals surface area contributed by atoms with Crippen molar-refractivity contribution in [2.24, 2.45) is 0 Å². The lowest BCUT2D eigenvalue weighted by Crippen LogP contribution is -2.40. The molecule has 1 aliphatic rings. The molecule has 12 heteroatoms. The third kappa shape index (κ3) is 6.94. The van der Waals surface area contributed by atoms with E-state index >= 15 is 0 Å². The Kier molecular flexibility index (Phi) is 8.01. The lowest BCUT2D eigenvalue weighted by Gasteiger charge is -2.22. The summed E-state index contributed by atoms with van der Waals surface area (Å²) in [5.74, 6) is 0. The molecule has 39 heavy (non-hydrogen) atoms. The Bertz CT molecular complexity index is 1480. The van der Waals surface area contributed by atoms with Gasteiger partial charge in [-0.2, -0.15) is 0 Å². The Balaban J connectivity index is 1.67. The zero-order valence-electron chi connectivity index (χ0n) is 22.6. The molecule has 1 aromatic heterocycles. The lowest BCUT2D eigenvalue weighted by molar-refractivity contribution is 0.130. The summed E-state index contributed by atoms with van der Waals surface area (Å²) >= 11 is 1.33. The second-order valence-electron chi connectivity index (χ2n) is 10.5. The maximum Gasteiger partial charge on any atom is 0.414 e. The van der Waals surface area contributed by atoms with Gasteiger partial charge in [-0.1, -0.05) is 6.07 Å². The minimum absolute atomic E-state index is 0.0423. The standard InChI is InChI=1S/C27H32N4O6S2/c1-16(2)36-25(32)29-19-9-7-18(8-10-19)24-28-14-22(38-24)21-12-11-20(31-15-17(3)37-26(31)33)13-23(21)39(34,35)30-27(4,5)6/h7-14,16-17,30H,15H2,1-6H3,(H,29,32). The first-order valence-corrected chi connectivity index (χ1v) is 14.7. The van der Waals surface area contributed by atoms with Gasteiger partial charge in [0, 0.05) is 34.2 Å². The molecule has 0 spiro atoms. The summed E-state index contributed by atoms with van der Waals surface area (Å²) in [5.41, 5.74) is 1.56. The highest BCUT2D eigenvalue weighted by Gasteiger charge is 2.32. The second-order valence-corrected chi connectivity index (χ2v) is 13.2. The number of cyclic esters (lactones) is 1.